The standard InChI is InChI=1S/C21H20F3N3O2/c1-2-26-17-12-13(5-10-16(17)20(29)27-11-3-4-18(26)27)19(28)25-15-8-6-14(7-9-15)21(22,23)24/h5-10,12,18H,2-4,11H2,1H3,(H,25,28)/t18-/m1/s1. The van der Waals surface area contributed by atoms with Crippen LogP contribution in [0.4, 0.5) is 24.5 Å². The molecule has 1 atom stereocenters. The Morgan fingerprint density at radius 1 is 1.17 bits per heavy atom. The Balaban J connectivity index is 1.59. The van der Waals surface area contributed by atoms with Gasteiger partial charge in [0.1, 0.15) is 6.17 Å². The summed E-state index contributed by atoms with van der Waals surface area (Å²) in [6.45, 7) is 3.44. The molecule has 2 aromatic rings. The molecule has 1 fully saturated rings. The Hall–Kier alpha value is -3.03. The van der Waals surface area contributed by atoms with Crippen molar-refractivity contribution < 1.29 is 22.8 Å². The highest BCUT2D eigenvalue weighted by molar-refractivity contribution is 6.08. The highest BCUT2D eigenvalue weighted by atomic mass is 19.4. The van der Waals surface area contributed by atoms with Crippen molar-refractivity contribution in [3.63, 3.8) is 0 Å². The van der Waals surface area contributed by atoms with E-state index in [1.807, 2.05) is 11.8 Å². The monoisotopic (exact) mass is 403 g/mol. The summed E-state index contributed by atoms with van der Waals surface area (Å²) in [5, 5.41) is 2.61. The molecule has 0 spiro atoms. The predicted molar refractivity (Wildman–Crippen MR) is 103 cm³/mol. The molecule has 0 unspecified atom stereocenters. The minimum absolute atomic E-state index is 0.00761. The third-order valence-corrected chi connectivity index (χ3v) is 5.45. The van der Waals surface area contributed by atoms with Gasteiger partial charge in [-0.2, -0.15) is 13.2 Å². The molecule has 8 heteroatoms. The lowest BCUT2D eigenvalue weighted by Gasteiger charge is -2.41. The summed E-state index contributed by atoms with van der Waals surface area (Å²) in [5.74, 6) is -0.466. The van der Waals surface area contributed by atoms with Gasteiger partial charge in [-0.1, -0.05) is 0 Å². The molecule has 4 rings (SSSR count). The number of hydrogen-bond donors (Lipinski definition) is 1. The van der Waals surface area contributed by atoms with Gasteiger partial charge in [-0.05, 0) is 62.2 Å². The van der Waals surface area contributed by atoms with Crippen LogP contribution in [0, 0.1) is 0 Å². The van der Waals surface area contributed by atoms with E-state index in [1.165, 1.54) is 12.1 Å². The fourth-order valence-corrected chi connectivity index (χ4v) is 4.04. The number of nitrogens with one attached hydrogen (secondary N) is 1. The number of carbonyl (C=O) groups excluding carboxylic acids is 2. The molecule has 2 aliphatic rings. The fourth-order valence-electron chi connectivity index (χ4n) is 4.04. The molecule has 1 saturated heterocycles. The quantitative estimate of drug-likeness (QED) is 0.829. The average molecular weight is 403 g/mol. The van der Waals surface area contributed by atoms with Crippen molar-refractivity contribution >= 4 is 23.2 Å². The normalized spacial score (nSPS) is 18.5. The molecule has 2 aromatic carbocycles. The van der Waals surface area contributed by atoms with Crippen LogP contribution in [-0.2, 0) is 6.18 Å². The lowest BCUT2D eigenvalue weighted by molar-refractivity contribution is -0.137. The molecule has 152 valence electrons. The van der Waals surface area contributed by atoms with Crippen LogP contribution in [0.2, 0.25) is 0 Å². The topological polar surface area (TPSA) is 52.7 Å². The maximum Gasteiger partial charge on any atom is 0.416 e. The zero-order valence-electron chi connectivity index (χ0n) is 15.8. The molecule has 1 N–H and O–H groups in total. The number of rotatable bonds is 3. The van der Waals surface area contributed by atoms with E-state index in [-0.39, 0.29) is 17.8 Å². The van der Waals surface area contributed by atoms with Crippen molar-refractivity contribution in [1.82, 2.24) is 4.90 Å². The van der Waals surface area contributed by atoms with E-state index < -0.39 is 17.6 Å². The molecule has 0 radical (unpaired) electrons. The SMILES string of the molecule is CCN1c2cc(C(=O)Nc3ccc(C(F)(F)F)cc3)ccc2C(=O)N2CCC[C@@H]21. The van der Waals surface area contributed by atoms with Crippen molar-refractivity contribution in [1.29, 1.82) is 0 Å². The molecule has 0 aromatic heterocycles. The van der Waals surface area contributed by atoms with E-state index in [0.717, 1.165) is 37.2 Å². The first-order valence-electron chi connectivity index (χ1n) is 9.50. The van der Waals surface area contributed by atoms with E-state index in [1.54, 1.807) is 18.2 Å². The Bertz CT molecular complexity index is 957. The second-order valence-electron chi connectivity index (χ2n) is 7.17. The van der Waals surface area contributed by atoms with Crippen LogP contribution in [0.25, 0.3) is 0 Å². The van der Waals surface area contributed by atoms with Gasteiger partial charge in [0.05, 0.1) is 16.8 Å². The number of benzene rings is 2. The van der Waals surface area contributed by atoms with E-state index in [0.29, 0.717) is 17.7 Å². The van der Waals surface area contributed by atoms with Gasteiger partial charge < -0.3 is 15.1 Å². The number of alkyl halides is 3. The molecule has 2 amide bonds. The van der Waals surface area contributed by atoms with Gasteiger partial charge in [-0.15, -0.1) is 0 Å². The Morgan fingerprint density at radius 2 is 1.90 bits per heavy atom. The lowest BCUT2D eigenvalue weighted by Crippen LogP contribution is -2.52. The van der Waals surface area contributed by atoms with Gasteiger partial charge in [-0.3, -0.25) is 9.59 Å². The third kappa shape index (κ3) is 3.43. The molecule has 0 saturated carbocycles. The van der Waals surface area contributed by atoms with E-state index in [2.05, 4.69) is 10.2 Å². The molecule has 0 bridgehead atoms. The first-order chi connectivity index (χ1) is 13.8. The minimum Gasteiger partial charge on any atom is -0.351 e. The van der Waals surface area contributed by atoms with Gasteiger partial charge in [-0.25, -0.2) is 0 Å². The molecule has 5 nitrogen and oxygen atoms in total. The average Bonchev–Trinajstić information content (AvgIpc) is 3.18. The Kier molecular flexibility index (Phi) is 4.72. The summed E-state index contributed by atoms with van der Waals surface area (Å²) in [4.78, 5) is 29.4. The summed E-state index contributed by atoms with van der Waals surface area (Å²) in [6.07, 6.45) is -2.58. The smallest absolute Gasteiger partial charge is 0.351 e. The number of amides is 2. The molecule has 29 heavy (non-hydrogen) atoms. The number of anilines is 2. The largest absolute Gasteiger partial charge is 0.416 e. The zero-order chi connectivity index (χ0) is 20.8. The Morgan fingerprint density at radius 3 is 2.55 bits per heavy atom. The van der Waals surface area contributed by atoms with Crippen molar-refractivity contribution in [2.45, 2.75) is 32.1 Å². The van der Waals surface area contributed by atoms with E-state index in [4.69, 9.17) is 0 Å². The van der Waals surface area contributed by atoms with Crippen LogP contribution in [0.1, 0.15) is 46.0 Å². The van der Waals surface area contributed by atoms with Gasteiger partial charge in [0.15, 0.2) is 0 Å². The fraction of sp³-hybridized carbons (Fsp3) is 0.333. The van der Waals surface area contributed by atoms with Gasteiger partial charge in [0.2, 0.25) is 0 Å². The molecule has 0 aliphatic carbocycles. The van der Waals surface area contributed by atoms with Crippen molar-refractivity contribution in [2.75, 3.05) is 23.3 Å². The summed E-state index contributed by atoms with van der Waals surface area (Å²) < 4.78 is 38.0. The summed E-state index contributed by atoms with van der Waals surface area (Å²) in [5.41, 5.74) is 1.13. The third-order valence-electron chi connectivity index (χ3n) is 5.45. The lowest BCUT2D eigenvalue weighted by atomic mass is 10.0. The zero-order valence-corrected chi connectivity index (χ0v) is 15.8. The molecule has 2 aliphatic heterocycles. The molecule has 2 heterocycles. The van der Waals surface area contributed by atoms with E-state index in [9.17, 15) is 22.8 Å². The van der Waals surface area contributed by atoms with Crippen LogP contribution in [0.15, 0.2) is 42.5 Å². The van der Waals surface area contributed by atoms with Crippen molar-refractivity contribution in [3.05, 3.63) is 59.2 Å². The highest BCUT2D eigenvalue weighted by Gasteiger charge is 2.39. The first-order valence-corrected chi connectivity index (χ1v) is 9.50. The number of fused-ring (bicyclic) bond motifs is 2. The number of hydrogen-bond acceptors (Lipinski definition) is 3. The molecular formula is C21H20F3N3O2. The van der Waals surface area contributed by atoms with Crippen LogP contribution in [0.3, 0.4) is 0 Å². The minimum atomic E-state index is -4.43. The summed E-state index contributed by atoms with van der Waals surface area (Å²) in [7, 11) is 0. The second-order valence-corrected chi connectivity index (χ2v) is 7.17. The molecular weight excluding hydrogens is 383 g/mol. The van der Waals surface area contributed by atoms with Crippen LogP contribution in [-0.4, -0.2) is 36.0 Å². The maximum atomic E-state index is 12.8. The predicted octanol–water partition coefficient (Wildman–Crippen LogP) is 4.36. The van der Waals surface area contributed by atoms with Crippen LogP contribution < -0.4 is 10.2 Å². The van der Waals surface area contributed by atoms with E-state index >= 15 is 0 Å². The van der Waals surface area contributed by atoms with Crippen molar-refractivity contribution in [3.8, 4) is 0 Å². The second kappa shape index (κ2) is 7.09. The number of halogens is 3. The van der Waals surface area contributed by atoms with Crippen LogP contribution in [0.5, 0.6) is 0 Å². The van der Waals surface area contributed by atoms with Gasteiger partial charge in [0.25, 0.3) is 11.8 Å². The highest BCUT2D eigenvalue weighted by Crippen LogP contribution is 2.36. The van der Waals surface area contributed by atoms with Crippen molar-refractivity contribution in [2.24, 2.45) is 0 Å². The first kappa shape index (κ1) is 19.3. The van der Waals surface area contributed by atoms with Gasteiger partial charge in [0, 0.05) is 24.3 Å². The van der Waals surface area contributed by atoms with Gasteiger partial charge >= 0.3 is 6.18 Å². The van der Waals surface area contributed by atoms with Crippen LogP contribution >= 0.6 is 0 Å². The summed E-state index contributed by atoms with van der Waals surface area (Å²) >= 11 is 0. The summed E-state index contributed by atoms with van der Waals surface area (Å²) in [6, 6.07) is 9.20. The number of carbonyl (C=O) groups is 2. The Labute approximate surface area is 166 Å². The maximum absolute atomic E-state index is 12.8. The number of nitrogens with zero attached hydrogens (tertiary/aromatic N) is 2.